The maximum absolute atomic E-state index is 11.8. The van der Waals surface area contributed by atoms with Gasteiger partial charge in [0.15, 0.2) is 0 Å². The summed E-state index contributed by atoms with van der Waals surface area (Å²) in [5.74, 6) is -1.45. The number of carbonyl (C=O) groups excluding carboxylic acids is 1. The number of halogens is 1. The van der Waals surface area contributed by atoms with Gasteiger partial charge in [-0.2, -0.15) is 0 Å². The van der Waals surface area contributed by atoms with E-state index in [9.17, 15) is 14.7 Å². The molecule has 1 fully saturated rings. The zero-order chi connectivity index (χ0) is 13.3. The molecule has 1 aliphatic carbocycles. The van der Waals surface area contributed by atoms with Crippen LogP contribution in [0.3, 0.4) is 0 Å². The predicted molar refractivity (Wildman–Crippen MR) is 64.8 cm³/mol. The Labute approximate surface area is 108 Å². The third kappa shape index (κ3) is 2.41. The highest BCUT2D eigenvalue weighted by Gasteiger charge is 2.50. The van der Waals surface area contributed by atoms with Crippen LogP contribution in [0.2, 0.25) is 5.02 Å². The fourth-order valence-corrected chi connectivity index (χ4v) is 1.85. The summed E-state index contributed by atoms with van der Waals surface area (Å²) in [6.07, 6.45) is 1.13. The van der Waals surface area contributed by atoms with Crippen molar-refractivity contribution in [1.29, 1.82) is 0 Å². The van der Waals surface area contributed by atoms with Gasteiger partial charge in [0, 0.05) is 6.54 Å². The first-order valence-corrected chi connectivity index (χ1v) is 5.82. The van der Waals surface area contributed by atoms with Crippen molar-refractivity contribution in [2.75, 3.05) is 6.54 Å². The number of phenolic OH excluding ortho intramolecular Hbond substituents is 1. The number of carbonyl (C=O) groups is 2. The van der Waals surface area contributed by atoms with E-state index in [1.54, 1.807) is 0 Å². The maximum atomic E-state index is 11.8. The van der Waals surface area contributed by atoms with Gasteiger partial charge in [-0.05, 0) is 31.0 Å². The van der Waals surface area contributed by atoms with Gasteiger partial charge in [0.05, 0.1) is 16.0 Å². The standard InChI is InChI=1S/C12H12ClNO4/c13-9-2-1-7(15)5-8(9)10(16)14-6-12(3-4-12)11(17)18/h1-2,5,15H,3-4,6H2,(H,14,16)(H,17,18). The van der Waals surface area contributed by atoms with E-state index >= 15 is 0 Å². The quantitative estimate of drug-likeness (QED) is 0.775. The number of hydrogen-bond acceptors (Lipinski definition) is 3. The highest BCUT2D eigenvalue weighted by Crippen LogP contribution is 2.45. The highest BCUT2D eigenvalue weighted by molar-refractivity contribution is 6.33. The number of benzene rings is 1. The summed E-state index contributed by atoms with van der Waals surface area (Å²) < 4.78 is 0. The van der Waals surface area contributed by atoms with Crippen molar-refractivity contribution in [3.8, 4) is 5.75 Å². The molecule has 1 aromatic rings. The van der Waals surface area contributed by atoms with Gasteiger partial charge in [-0.25, -0.2) is 0 Å². The van der Waals surface area contributed by atoms with Crippen LogP contribution >= 0.6 is 11.6 Å². The first kappa shape index (κ1) is 12.7. The Morgan fingerprint density at radius 1 is 1.39 bits per heavy atom. The van der Waals surface area contributed by atoms with Crippen molar-refractivity contribution in [3.63, 3.8) is 0 Å². The van der Waals surface area contributed by atoms with Crippen molar-refractivity contribution in [2.45, 2.75) is 12.8 Å². The fraction of sp³-hybridized carbons (Fsp3) is 0.333. The molecule has 1 saturated carbocycles. The Morgan fingerprint density at radius 2 is 2.06 bits per heavy atom. The minimum Gasteiger partial charge on any atom is -0.508 e. The first-order chi connectivity index (χ1) is 8.44. The molecule has 3 N–H and O–H groups in total. The lowest BCUT2D eigenvalue weighted by Crippen LogP contribution is -2.34. The third-order valence-corrected chi connectivity index (χ3v) is 3.42. The van der Waals surface area contributed by atoms with E-state index in [1.807, 2.05) is 0 Å². The lowest BCUT2D eigenvalue weighted by molar-refractivity contribution is -0.143. The van der Waals surface area contributed by atoms with Gasteiger partial charge < -0.3 is 15.5 Å². The third-order valence-electron chi connectivity index (χ3n) is 3.09. The van der Waals surface area contributed by atoms with Crippen molar-refractivity contribution < 1.29 is 19.8 Å². The van der Waals surface area contributed by atoms with Gasteiger partial charge in [-0.15, -0.1) is 0 Å². The van der Waals surface area contributed by atoms with Crippen LogP contribution in [0.1, 0.15) is 23.2 Å². The fourth-order valence-electron chi connectivity index (χ4n) is 1.65. The second-order valence-corrected chi connectivity index (χ2v) is 4.84. The second kappa shape index (κ2) is 4.49. The van der Waals surface area contributed by atoms with E-state index in [2.05, 4.69) is 5.32 Å². The summed E-state index contributed by atoms with van der Waals surface area (Å²) in [5, 5.41) is 21.0. The summed E-state index contributed by atoms with van der Waals surface area (Å²) in [5.41, 5.74) is -0.684. The maximum Gasteiger partial charge on any atom is 0.311 e. The molecule has 0 bridgehead atoms. The molecule has 0 spiro atoms. The molecular formula is C12H12ClNO4. The molecule has 0 radical (unpaired) electrons. The van der Waals surface area contributed by atoms with Gasteiger partial charge in [0.2, 0.25) is 0 Å². The number of carboxylic acids is 1. The first-order valence-electron chi connectivity index (χ1n) is 5.45. The molecule has 96 valence electrons. The van der Waals surface area contributed by atoms with Crippen molar-refractivity contribution in [3.05, 3.63) is 28.8 Å². The predicted octanol–water partition coefficient (Wildman–Crippen LogP) is 1.64. The molecule has 1 amide bonds. The monoisotopic (exact) mass is 269 g/mol. The molecular weight excluding hydrogens is 258 g/mol. The molecule has 0 atom stereocenters. The van der Waals surface area contributed by atoms with Crippen LogP contribution in [0.25, 0.3) is 0 Å². The Hall–Kier alpha value is -1.75. The summed E-state index contributed by atoms with van der Waals surface area (Å²) in [4.78, 5) is 22.8. The second-order valence-electron chi connectivity index (χ2n) is 4.43. The SMILES string of the molecule is O=C(NCC1(C(=O)O)CC1)c1cc(O)ccc1Cl. The van der Waals surface area contributed by atoms with Crippen LogP contribution in [0, 0.1) is 5.41 Å². The van der Waals surface area contributed by atoms with Crippen LogP contribution in [0.15, 0.2) is 18.2 Å². The van der Waals surface area contributed by atoms with Crippen LogP contribution in [0.5, 0.6) is 5.75 Å². The number of carboxylic acid groups (broad SMARTS) is 1. The Bertz CT molecular complexity index is 511. The molecule has 5 nitrogen and oxygen atoms in total. The summed E-state index contributed by atoms with van der Waals surface area (Å²) in [7, 11) is 0. The van der Waals surface area contributed by atoms with Gasteiger partial charge >= 0.3 is 5.97 Å². The van der Waals surface area contributed by atoms with Crippen molar-refractivity contribution in [2.24, 2.45) is 5.41 Å². The van der Waals surface area contributed by atoms with E-state index in [-0.39, 0.29) is 22.9 Å². The Kier molecular flexibility index (Phi) is 3.17. The number of amides is 1. The molecule has 0 aromatic heterocycles. The molecule has 6 heteroatoms. The number of nitrogens with one attached hydrogen (secondary N) is 1. The molecule has 18 heavy (non-hydrogen) atoms. The van der Waals surface area contributed by atoms with Crippen LogP contribution < -0.4 is 5.32 Å². The summed E-state index contributed by atoms with van der Waals surface area (Å²) in [6, 6.07) is 4.03. The van der Waals surface area contributed by atoms with Crippen LogP contribution in [0.4, 0.5) is 0 Å². The average Bonchev–Trinajstić information content (AvgIpc) is 3.10. The molecule has 0 heterocycles. The molecule has 1 aromatic carbocycles. The Morgan fingerprint density at radius 3 is 2.61 bits per heavy atom. The molecule has 2 rings (SSSR count). The number of phenols is 1. The van der Waals surface area contributed by atoms with Gasteiger partial charge in [0.1, 0.15) is 5.75 Å². The minimum absolute atomic E-state index is 0.0658. The molecule has 0 unspecified atom stereocenters. The largest absolute Gasteiger partial charge is 0.508 e. The molecule has 1 aliphatic rings. The van der Waals surface area contributed by atoms with E-state index in [0.29, 0.717) is 12.8 Å². The van der Waals surface area contributed by atoms with Gasteiger partial charge in [-0.1, -0.05) is 11.6 Å². The number of aliphatic carboxylic acids is 1. The average molecular weight is 270 g/mol. The van der Waals surface area contributed by atoms with Crippen LogP contribution in [-0.2, 0) is 4.79 Å². The van der Waals surface area contributed by atoms with Gasteiger partial charge in [-0.3, -0.25) is 9.59 Å². The van der Waals surface area contributed by atoms with Crippen molar-refractivity contribution in [1.82, 2.24) is 5.32 Å². The van der Waals surface area contributed by atoms with E-state index < -0.39 is 17.3 Å². The zero-order valence-corrected chi connectivity index (χ0v) is 10.2. The summed E-state index contributed by atoms with van der Waals surface area (Å²) in [6.45, 7) is 0.0765. The number of rotatable bonds is 4. The topological polar surface area (TPSA) is 86.6 Å². The number of aromatic hydroxyl groups is 1. The summed E-state index contributed by atoms with van der Waals surface area (Å²) >= 11 is 5.83. The van der Waals surface area contributed by atoms with E-state index in [1.165, 1.54) is 18.2 Å². The lowest BCUT2D eigenvalue weighted by atomic mass is 10.1. The van der Waals surface area contributed by atoms with E-state index in [4.69, 9.17) is 16.7 Å². The van der Waals surface area contributed by atoms with Crippen molar-refractivity contribution >= 4 is 23.5 Å². The molecule has 0 saturated heterocycles. The minimum atomic E-state index is -0.898. The normalized spacial score (nSPS) is 16.1. The smallest absolute Gasteiger partial charge is 0.311 e. The molecule has 0 aliphatic heterocycles. The lowest BCUT2D eigenvalue weighted by Gasteiger charge is -2.11. The number of hydrogen-bond donors (Lipinski definition) is 3. The van der Waals surface area contributed by atoms with E-state index in [0.717, 1.165) is 0 Å². The highest BCUT2D eigenvalue weighted by atomic mass is 35.5. The Balaban J connectivity index is 2.04. The van der Waals surface area contributed by atoms with Gasteiger partial charge in [0.25, 0.3) is 5.91 Å². The van der Waals surface area contributed by atoms with Crippen LogP contribution in [-0.4, -0.2) is 28.6 Å². The zero-order valence-electron chi connectivity index (χ0n) is 9.44.